The summed E-state index contributed by atoms with van der Waals surface area (Å²) in [5.41, 5.74) is 2.92. The van der Waals surface area contributed by atoms with Crippen LogP contribution in [0.2, 0.25) is 0 Å². The number of furan rings is 1. The zero-order valence-electron chi connectivity index (χ0n) is 12.6. The van der Waals surface area contributed by atoms with E-state index in [9.17, 15) is 4.79 Å². The van der Waals surface area contributed by atoms with Gasteiger partial charge in [0.2, 0.25) is 0 Å². The molecule has 2 rings (SSSR count). The third kappa shape index (κ3) is 3.03. The van der Waals surface area contributed by atoms with E-state index in [1.807, 2.05) is 13.0 Å². The van der Waals surface area contributed by atoms with Gasteiger partial charge < -0.3 is 9.32 Å². The van der Waals surface area contributed by atoms with Crippen LogP contribution in [0.15, 0.2) is 10.5 Å². The molecule has 0 aliphatic carbocycles. The number of carbonyl (C=O) groups is 1. The first kappa shape index (κ1) is 15.0. The Balaban J connectivity index is 2.03. The van der Waals surface area contributed by atoms with Crippen LogP contribution >= 0.6 is 0 Å². The van der Waals surface area contributed by atoms with Gasteiger partial charge >= 0.3 is 5.91 Å². The van der Waals surface area contributed by atoms with Crippen molar-refractivity contribution in [2.75, 3.05) is 27.2 Å². The molecule has 1 amide bonds. The molecule has 0 bridgehead atoms. The molecule has 20 heavy (non-hydrogen) atoms. The number of hydrogen-bond donors (Lipinski definition) is 2. The highest BCUT2D eigenvalue weighted by Crippen LogP contribution is 2.23. The Labute approximate surface area is 119 Å². The van der Waals surface area contributed by atoms with Gasteiger partial charge in [0.1, 0.15) is 5.76 Å². The van der Waals surface area contributed by atoms with Crippen LogP contribution in [0, 0.1) is 12.8 Å². The molecule has 2 unspecified atom stereocenters. The fourth-order valence-electron chi connectivity index (χ4n) is 2.99. The van der Waals surface area contributed by atoms with E-state index in [-0.39, 0.29) is 5.91 Å². The molecule has 0 spiro atoms. The molecule has 112 valence electrons. The molecule has 1 saturated heterocycles. The maximum Gasteiger partial charge on any atom is 0.301 e. The van der Waals surface area contributed by atoms with Crippen LogP contribution in [-0.2, 0) is 6.54 Å². The van der Waals surface area contributed by atoms with Crippen molar-refractivity contribution < 1.29 is 9.21 Å². The number of aryl methyl sites for hydroxylation is 1. The molecule has 1 fully saturated rings. The first-order valence-corrected chi connectivity index (χ1v) is 6.91. The number of nitrogens with zero attached hydrogens (tertiary/aromatic N) is 2. The Morgan fingerprint density at radius 2 is 2.25 bits per heavy atom. The topological polar surface area (TPSA) is 74.7 Å². The van der Waals surface area contributed by atoms with Gasteiger partial charge in [-0.1, -0.05) is 6.92 Å². The fraction of sp³-hybridized carbons (Fsp3) is 0.643. The smallest absolute Gasteiger partial charge is 0.301 e. The first-order chi connectivity index (χ1) is 9.42. The lowest BCUT2D eigenvalue weighted by Gasteiger charge is -2.22. The standard InChI is InChI=1S/C14H24N4O2/c1-9-5-11(20-13(9)14(19)16-15)7-18-6-10(2)12(8-18)17(3)4/h5,10,12H,6-8,15H2,1-4H3,(H,16,19). The lowest BCUT2D eigenvalue weighted by atomic mass is 10.1. The highest BCUT2D eigenvalue weighted by Gasteiger charge is 2.31. The van der Waals surface area contributed by atoms with Crippen LogP contribution in [-0.4, -0.2) is 48.9 Å². The average molecular weight is 280 g/mol. The molecule has 1 aromatic heterocycles. The summed E-state index contributed by atoms with van der Waals surface area (Å²) in [4.78, 5) is 16.2. The molecule has 1 aromatic rings. The highest BCUT2D eigenvalue weighted by molar-refractivity contribution is 5.92. The summed E-state index contributed by atoms with van der Waals surface area (Å²) in [5.74, 6) is 6.51. The summed E-state index contributed by atoms with van der Waals surface area (Å²) in [5, 5.41) is 0. The Hall–Kier alpha value is -1.37. The monoisotopic (exact) mass is 280 g/mol. The van der Waals surface area contributed by atoms with Gasteiger partial charge in [-0.25, -0.2) is 5.84 Å². The minimum Gasteiger partial charge on any atom is -0.454 e. The zero-order valence-corrected chi connectivity index (χ0v) is 12.6. The van der Waals surface area contributed by atoms with Gasteiger partial charge in [-0.05, 0) is 33.0 Å². The summed E-state index contributed by atoms with van der Waals surface area (Å²) in [6.45, 7) is 6.92. The van der Waals surface area contributed by atoms with Crippen LogP contribution < -0.4 is 11.3 Å². The van der Waals surface area contributed by atoms with Gasteiger partial charge in [-0.2, -0.15) is 0 Å². The minimum atomic E-state index is -0.380. The van der Waals surface area contributed by atoms with Crippen molar-refractivity contribution in [3.8, 4) is 0 Å². The number of hydrogen-bond acceptors (Lipinski definition) is 5. The Morgan fingerprint density at radius 1 is 1.55 bits per heavy atom. The van der Waals surface area contributed by atoms with Crippen LogP contribution in [0.1, 0.15) is 28.8 Å². The van der Waals surface area contributed by atoms with E-state index in [0.29, 0.717) is 17.7 Å². The van der Waals surface area contributed by atoms with E-state index < -0.39 is 0 Å². The Morgan fingerprint density at radius 3 is 2.80 bits per heavy atom. The van der Waals surface area contributed by atoms with Crippen molar-refractivity contribution in [2.45, 2.75) is 26.4 Å². The second-order valence-electron chi connectivity index (χ2n) is 5.90. The lowest BCUT2D eigenvalue weighted by Crippen LogP contribution is -2.34. The zero-order chi connectivity index (χ0) is 14.9. The first-order valence-electron chi connectivity index (χ1n) is 6.91. The van der Waals surface area contributed by atoms with Crippen molar-refractivity contribution in [3.63, 3.8) is 0 Å². The predicted molar refractivity (Wildman–Crippen MR) is 77.0 cm³/mol. The van der Waals surface area contributed by atoms with E-state index in [0.717, 1.165) is 31.0 Å². The van der Waals surface area contributed by atoms with E-state index in [1.165, 1.54) is 0 Å². The number of likely N-dealkylation sites (tertiary alicyclic amines) is 1. The largest absolute Gasteiger partial charge is 0.454 e. The Kier molecular flexibility index (Phi) is 4.47. The third-order valence-electron chi connectivity index (χ3n) is 4.00. The van der Waals surface area contributed by atoms with Crippen molar-refractivity contribution in [3.05, 3.63) is 23.2 Å². The van der Waals surface area contributed by atoms with Crippen molar-refractivity contribution in [1.29, 1.82) is 0 Å². The second-order valence-corrected chi connectivity index (χ2v) is 5.90. The lowest BCUT2D eigenvalue weighted by molar-refractivity contribution is 0.0921. The van der Waals surface area contributed by atoms with Gasteiger partial charge in [0.05, 0.1) is 6.54 Å². The van der Waals surface area contributed by atoms with Gasteiger partial charge in [0, 0.05) is 24.7 Å². The number of hydrazine groups is 1. The molecular formula is C14H24N4O2. The molecular weight excluding hydrogens is 256 g/mol. The fourth-order valence-corrected chi connectivity index (χ4v) is 2.99. The van der Waals surface area contributed by atoms with Crippen LogP contribution in [0.5, 0.6) is 0 Å². The molecule has 1 aliphatic rings. The molecule has 2 heterocycles. The second kappa shape index (κ2) is 5.95. The molecule has 6 nitrogen and oxygen atoms in total. The molecule has 0 radical (unpaired) electrons. The normalized spacial score (nSPS) is 23.5. The van der Waals surface area contributed by atoms with E-state index in [1.54, 1.807) is 0 Å². The molecule has 1 aliphatic heterocycles. The maximum absolute atomic E-state index is 11.5. The van der Waals surface area contributed by atoms with Crippen molar-refractivity contribution in [2.24, 2.45) is 11.8 Å². The maximum atomic E-state index is 11.5. The summed E-state index contributed by atoms with van der Waals surface area (Å²) in [7, 11) is 4.23. The SMILES string of the molecule is Cc1cc(CN2CC(C)C(N(C)C)C2)oc1C(=O)NN. The van der Waals surface area contributed by atoms with Gasteiger partial charge in [-0.3, -0.25) is 15.1 Å². The number of rotatable bonds is 4. The molecule has 0 saturated carbocycles. The summed E-state index contributed by atoms with van der Waals surface area (Å²) in [6, 6.07) is 2.48. The van der Waals surface area contributed by atoms with Crippen molar-refractivity contribution in [1.82, 2.24) is 15.2 Å². The Bertz CT molecular complexity index is 484. The van der Waals surface area contributed by atoms with Gasteiger partial charge in [0.15, 0.2) is 5.76 Å². The van der Waals surface area contributed by atoms with Gasteiger partial charge in [0.25, 0.3) is 0 Å². The third-order valence-corrected chi connectivity index (χ3v) is 4.00. The van der Waals surface area contributed by atoms with Crippen LogP contribution in [0.4, 0.5) is 0 Å². The predicted octanol–water partition coefficient (Wildman–Crippen LogP) is 0.573. The van der Waals surface area contributed by atoms with Crippen LogP contribution in [0.25, 0.3) is 0 Å². The molecule has 6 heteroatoms. The number of likely N-dealkylation sites (N-methyl/N-ethyl adjacent to an activating group) is 1. The highest BCUT2D eigenvalue weighted by atomic mass is 16.4. The number of carbonyl (C=O) groups excluding carboxylic acids is 1. The number of nitrogens with two attached hydrogens (primary N) is 1. The minimum absolute atomic E-state index is 0.305. The molecule has 3 N–H and O–H groups in total. The van der Waals surface area contributed by atoms with Gasteiger partial charge in [-0.15, -0.1) is 0 Å². The average Bonchev–Trinajstić information content (AvgIpc) is 2.92. The van der Waals surface area contributed by atoms with Crippen LogP contribution in [0.3, 0.4) is 0 Å². The quantitative estimate of drug-likeness (QED) is 0.479. The molecule has 2 atom stereocenters. The molecule has 0 aromatic carbocycles. The van der Waals surface area contributed by atoms with E-state index >= 15 is 0 Å². The van der Waals surface area contributed by atoms with Crippen molar-refractivity contribution >= 4 is 5.91 Å². The van der Waals surface area contributed by atoms with E-state index in [4.69, 9.17) is 10.3 Å². The van der Waals surface area contributed by atoms with E-state index in [2.05, 4.69) is 36.2 Å². The number of nitrogens with one attached hydrogen (secondary N) is 1. The summed E-state index contributed by atoms with van der Waals surface area (Å²) < 4.78 is 5.61. The summed E-state index contributed by atoms with van der Waals surface area (Å²) in [6.07, 6.45) is 0. The number of nitrogen functional groups attached to an aromatic ring is 1. The number of amides is 1. The summed E-state index contributed by atoms with van der Waals surface area (Å²) >= 11 is 0.